The quantitative estimate of drug-likeness (QED) is 0.681. The van der Waals surface area contributed by atoms with Crippen LogP contribution in [-0.2, 0) is 4.74 Å². The summed E-state index contributed by atoms with van der Waals surface area (Å²) in [5, 5.41) is 16.5. The predicted molar refractivity (Wildman–Crippen MR) is 110 cm³/mol. The summed E-state index contributed by atoms with van der Waals surface area (Å²) in [6.45, 7) is 3.07. The van der Waals surface area contributed by atoms with Gasteiger partial charge in [-0.1, -0.05) is 0 Å². The molecule has 29 heavy (non-hydrogen) atoms. The first-order valence-corrected chi connectivity index (χ1v) is 9.19. The van der Waals surface area contributed by atoms with Gasteiger partial charge in [0.15, 0.2) is 0 Å². The van der Waals surface area contributed by atoms with E-state index in [9.17, 15) is 0 Å². The van der Waals surface area contributed by atoms with E-state index in [1.807, 2.05) is 18.2 Å². The molecule has 1 aliphatic rings. The Balaban J connectivity index is 1.55. The first-order valence-electron chi connectivity index (χ1n) is 9.19. The highest BCUT2D eigenvalue weighted by molar-refractivity contribution is 5.67. The molecule has 3 aromatic rings. The van der Waals surface area contributed by atoms with E-state index in [2.05, 4.69) is 26.4 Å². The summed E-state index contributed by atoms with van der Waals surface area (Å²) in [6.07, 6.45) is 0. The van der Waals surface area contributed by atoms with Gasteiger partial charge < -0.3 is 25.4 Å². The lowest BCUT2D eigenvalue weighted by Gasteiger charge is -2.30. The maximum Gasteiger partial charge on any atom is 0.248 e. The van der Waals surface area contributed by atoms with E-state index in [-0.39, 0.29) is 5.95 Å². The molecule has 0 amide bonds. The number of aromatic nitrogens is 3. The average molecular weight is 391 g/mol. The van der Waals surface area contributed by atoms with Crippen molar-refractivity contribution < 1.29 is 9.47 Å². The highest BCUT2D eigenvalue weighted by atomic mass is 16.5. The van der Waals surface area contributed by atoms with Crippen molar-refractivity contribution >= 4 is 23.3 Å². The molecule has 0 unspecified atom stereocenters. The Morgan fingerprint density at radius 1 is 1.17 bits per heavy atom. The van der Waals surface area contributed by atoms with Crippen LogP contribution in [0.5, 0.6) is 5.75 Å². The topological polar surface area (TPSA) is 114 Å². The molecular formula is C20H21N7O2. The normalized spacial score (nSPS) is 13.7. The van der Waals surface area contributed by atoms with Gasteiger partial charge in [-0.25, -0.2) is 0 Å². The highest BCUT2D eigenvalue weighted by Crippen LogP contribution is 2.32. The molecule has 0 bridgehead atoms. The minimum Gasteiger partial charge on any atom is -0.495 e. The Hall–Kier alpha value is -3.77. The molecule has 2 aromatic carbocycles. The van der Waals surface area contributed by atoms with Crippen LogP contribution in [0.25, 0.3) is 5.69 Å². The second-order valence-corrected chi connectivity index (χ2v) is 6.48. The van der Waals surface area contributed by atoms with Crippen LogP contribution in [0, 0.1) is 11.3 Å². The number of nitrogens with two attached hydrogens (primary N) is 1. The number of anilines is 4. The van der Waals surface area contributed by atoms with Gasteiger partial charge in [-0.15, -0.1) is 5.10 Å². The lowest BCUT2D eigenvalue weighted by molar-refractivity contribution is 0.122. The number of hydrogen-bond acceptors (Lipinski definition) is 8. The Morgan fingerprint density at radius 2 is 1.93 bits per heavy atom. The number of nitriles is 1. The summed E-state index contributed by atoms with van der Waals surface area (Å²) in [4.78, 5) is 6.52. The summed E-state index contributed by atoms with van der Waals surface area (Å²) >= 11 is 0. The van der Waals surface area contributed by atoms with Crippen LogP contribution in [0.15, 0.2) is 42.5 Å². The van der Waals surface area contributed by atoms with Crippen LogP contribution < -0.4 is 20.7 Å². The third-order valence-corrected chi connectivity index (χ3v) is 4.66. The predicted octanol–water partition coefficient (Wildman–Crippen LogP) is 2.31. The first-order chi connectivity index (χ1) is 14.2. The third-order valence-electron chi connectivity index (χ3n) is 4.66. The number of nitrogens with one attached hydrogen (secondary N) is 1. The van der Waals surface area contributed by atoms with E-state index >= 15 is 0 Å². The zero-order chi connectivity index (χ0) is 20.2. The second-order valence-electron chi connectivity index (χ2n) is 6.48. The Morgan fingerprint density at radius 3 is 2.62 bits per heavy atom. The molecule has 9 heteroatoms. The average Bonchev–Trinajstić information content (AvgIpc) is 3.14. The number of nitrogens with zero attached hydrogens (tertiary/aromatic N) is 5. The van der Waals surface area contributed by atoms with Gasteiger partial charge in [0.05, 0.1) is 43.3 Å². The van der Waals surface area contributed by atoms with Crippen molar-refractivity contribution in [2.24, 2.45) is 0 Å². The zero-order valence-electron chi connectivity index (χ0n) is 16.0. The number of nitrogen functional groups attached to an aromatic ring is 1. The molecule has 0 radical (unpaired) electrons. The van der Waals surface area contributed by atoms with Crippen molar-refractivity contribution in [1.29, 1.82) is 5.26 Å². The van der Waals surface area contributed by atoms with Crippen LogP contribution in [0.1, 0.15) is 5.56 Å². The molecule has 1 aliphatic heterocycles. The number of hydrogen-bond donors (Lipinski definition) is 2. The van der Waals surface area contributed by atoms with Crippen LogP contribution in [-0.4, -0.2) is 48.2 Å². The van der Waals surface area contributed by atoms with Crippen molar-refractivity contribution in [1.82, 2.24) is 14.8 Å². The first kappa shape index (κ1) is 18.6. The van der Waals surface area contributed by atoms with Crippen LogP contribution in [0.2, 0.25) is 0 Å². The number of methoxy groups -OCH3 is 1. The largest absolute Gasteiger partial charge is 0.495 e. The standard InChI is InChI=1S/C20H21N7O2/c1-28-18-12-15(4-7-17(18)26-8-10-29-11-9-26)23-20-24-19(22)27(25-20)16-5-2-14(13-21)3-6-16/h2-7,12H,8-11H2,1H3,(H3,22,23,24,25). The van der Waals surface area contributed by atoms with E-state index < -0.39 is 0 Å². The molecule has 0 atom stereocenters. The van der Waals surface area contributed by atoms with Gasteiger partial charge >= 0.3 is 0 Å². The fourth-order valence-electron chi connectivity index (χ4n) is 3.19. The molecule has 148 valence electrons. The summed E-state index contributed by atoms with van der Waals surface area (Å²) in [7, 11) is 1.65. The SMILES string of the molecule is COc1cc(Nc2nc(N)n(-c3ccc(C#N)cc3)n2)ccc1N1CCOCC1. The number of ether oxygens (including phenoxy) is 2. The monoisotopic (exact) mass is 391 g/mol. The summed E-state index contributed by atoms with van der Waals surface area (Å²) in [5.41, 5.74) is 9.12. The molecule has 0 spiro atoms. The summed E-state index contributed by atoms with van der Waals surface area (Å²) < 4.78 is 12.5. The Kier molecular flexibility index (Phi) is 5.18. The highest BCUT2D eigenvalue weighted by Gasteiger charge is 2.16. The smallest absolute Gasteiger partial charge is 0.248 e. The molecule has 3 N–H and O–H groups in total. The molecule has 1 fully saturated rings. The van der Waals surface area contributed by atoms with Crippen LogP contribution in [0.3, 0.4) is 0 Å². The molecular weight excluding hydrogens is 370 g/mol. The van der Waals surface area contributed by atoms with E-state index in [4.69, 9.17) is 20.5 Å². The van der Waals surface area contributed by atoms with Crippen molar-refractivity contribution in [3.05, 3.63) is 48.0 Å². The maximum absolute atomic E-state index is 8.93. The van der Waals surface area contributed by atoms with E-state index in [1.54, 1.807) is 31.4 Å². The van der Waals surface area contributed by atoms with Crippen molar-refractivity contribution in [3.63, 3.8) is 0 Å². The third kappa shape index (κ3) is 3.93. The molecule has 1 saturated heterocycles. The van der Waals surface area contributed by atoms with Gasteiger partial charge in [0.1, 0.15) is 5.75 Å². The summed E-state index contributed by atoms with van der Waals surface area (Å²) in [5.74, 6) is 1.37. The maximum atomic E-state index is 8.93. The minimum absolute atomic E-state index is 0.245. The van der Waals surface area contributed by atoms with Crippen LogP contribution in [0.4, 0.5) is 23.3 Å². The van der Waals surface area contributed by atoms with Crippen LogP contribution >= 0.6 is 0 Å². The number of rotatable bonds is 5. The second kappa shape index (κ2) is 8.08. The minimum atomic E-state index is 0.245. The number of morpholine rings is 1. The molecule has 9 nitrogen and oxygen atoms in total. The molecule has 0 saturated carbocycles. The van der Waals surface area contributed by atoms with Gasteiger partial charge in [0.2, 0.25) is 11.9 Å². The Labute approximate surface area is 168 Å². The van der Waals surface area contributed by atoms with Crippen molar-refractivity contribution in [2.75, 3.05) is 49.4 Å². The van der Waals surface area contributed by atoms with E-state index in [0.29, 0.717) is 24.7 Å². The molecule has 1 aromatic heterocycles. The molecule has 2 heterocycles. The van der Waals surface area contributed by atoms with Crippen molar-refractivity contribution in [3.8, 4) is 17.5 Å². The van der Waals surface area contributed by atoms with Gasteiger partial charge in [0, 0.05) is 24.8 Å². The van der Waals surface area contributed by atoms with E-state index in [0.717, 1.165) is 35.9 Å². The van der Waals surface area contributed by atoms with Gasteiger partial charge in [0.25, 0.3) is 0 Å². The van der Waals surface area contributed by atoms with E-state index in [1.165, 1.54) is 4.68 Å². The van der Waals surface area contributed by atoms with Gasteiger partial charge in [-0.05, 0) is 36.4 Å². The lowest BCUT2D eigenvalue weighted by Crippen LogP contribution is -2.36. The van der Waals surface area contributed by atoms with Gasteiger partial charge in [-0.2, -0.15) is 14.9 Å². The van der Waals surface area contributed by atoms with Crippen molar-refractivity contribution in [2.45, 2.75) is 0 Å². The fraction of sp³-hybridized carbons (Fsp3) is 0.250. The fourth-order valence-corrected chi connectivity index (χ4v) is 3.19. The number of benzene rings is 2. The lowest BCUT2D eigenvalue weighted by atomic mass is 10.2. The summed E-state index contributed by atoms with van der Waals surface area (Å²) in [6, 6.07) is 14.9. The van der Waals surface area contributed by atoms with Gasteiger partial charge in [-0.3, -0.25) is 0 Å². The molecule has 0 aliphatic carbocycles. The molecule has 4 rings (SSSR count). The Bertz CT molecular complexity index is 1030. The zero-order valence-corrected chi connectivity index (χ0v) is 16.0.